The van der Waals surface area contributed by atoms with Gasteiger partial charge in [-0.05, 0) is 6.92 Å². The topological polar surface area (TPSA) is 46.2 Å². The molecule has 0 aromatic rings. The molecule has 9 heavy (non-hydrogen) atoms. The lowest BCUT2D eigenvalue weighted by Crippen LogP contribution is -2.16. The van der Waals surface area contributed by atoms with Gasteiger partial charge in [0.05, 0.1) is 0 Å². The standard InChI is InChI=1S/C6H9NO2/c1-4(8)5-2-6(9)7-3-5/h5H,2-3H2,1H3,(H,7,9)/t5-/m0/s1. The van der Waals surface area contributed by atoms with E-state index in [2.05, 4.69) is 5.32 Å². The van der Waals surface area contributed by atoms with Crippen molar-refractivity contribution < 1.29 is 9.59 Å². The van der Waals surface area contributed by atoms with E-state index in [4.69, 9.17) is 0 Å². The molecule has 1 aliphatic rings. The maximum atomic E-state index is 10.6. The van der Waals surface area contributed by atoms with Crippen LogP contribution in [-0.2, 0) is 9.59 Å². The van der Waals surface area contributed by atoms with Gasteiger partial charge in [0.15, 0.2) is 0 Å². The van der Waals surface area contributed by atoms with E-state index >= 15 is 0 Å². The molecule has 50 valence electrons. The number of nitrogens with one attached hydrogen (secondary N) is 1. The minimum absolute atomic E-state index is 0.00444. The van der Waals surface area contributed by atoms with Gasteiger partial charge in [-0.3, -0.25) is 9.59 Å². The van der Waals surface area contributed by atoms with Gasteiger partial charge in [-0.1, -0.05) is 0 Å². The molecule has 0 aromatic carbocycles. The number of rotatable bonds is 1. The minimum atomic E-state index is -0.0579. The fraction of sp³-hybridized carbons (Fsp3) is 0.667. The first-order valence-electron chi connectivity index (χ1n) is 2.97. The van der Waals surface area contributed by atoms with Crippen LogP contribution in [0.5, 0.6) is 0 Å². The first kappa shape index (κ1) is 6.26. The van der Waals surface area contributed by atoms with Crippen molar-refractivity contribution >= 4 is 11.7 Å². The molecule has 0 aliphatic carbocycles. The molecule has 1 saturated heterocycles. The number of Topliss-reactive ketones (excluding diaryl/α,β-unsaturated/α-hetero) is 1. The van der Waals surface area contributed by atoms with Crippen LogP contribution in [0.4, 0.5) is 0 Å². The van der Waals surface area contributed by atoms with Gasteiger partial charge >= 0.3 is 0 Å². The Morgan fingerprint density at radius 1 is 1.78 bits per heavy atom. The molecule has 0 unspecified atom stereocenters. The van der Waals surface area contributed by atoms with Crippen LogP contribution < -0.4 is 5.32 Å². The van der Waals surface area contributed by atoms with Crippen LogP contribution in [0.2, 0.25) is 0 Å². The smallest absolute Gasteiger partial charge is 0.220 e. The van der Waals surface area contributed by atoms with Crippen LogP contribution in [-0.4, -0.2) is 18.2 Å². The Morgan fingerprint density at radius 2 is 2.44 bits per heavy atom. The van der Waals surface area contributed by atoms with Crippen molar-refractivity contribution in [3.05, 3.63) is 0 Å². The number of hydrogen-bond acceptors (Lipinski definition) is 2. The van der Waals surface area contributed by atoms with Crippen molar-refractivity contribution in [3.8, 4) is 0 Å². The largest absolute Gasteiger partial charge is 0.355 e. The molecule has 0 bridgehead atoms. The van der Waals surface area contributed by atoms with E-state index in [-0.39, 0.29) is 17.6 Å². The van der Waals surface area contributed by atoms with E-state index in [1.807, 2.05) is 0 Å². The second-order valence-electron chi connectivity index (χ2n) is 2.32. The number of carbonyl (C=O) groups is 2. The van der Waals surface area contributed by atoms with E-state index in [0.29, 0.717) is 13.0 Å². The van der Waals surface area contributed by atoms with Gasteiger partial charge in [-0.15, -0.1) is 0 Å². The van der Waals surface area contributed by atoms with Crippen LogP contribution in [0.25, 0.3) is 0 Å². The van der Waals surface area contributed by atoms with E-state index in [9.17, 15) is 9.59 Å². The molecule has 1 heterocycles. The zero-order chi connectivity index (χ0) is 6.85. The minimum Gasteiger partial charge on any atom is -0.355 e. The molecule has 3 nitrogen and oxygen atoms in total. The Kier molecular flexibility index (Phi) is 1.51. The second kappa shape index (κ2) is 2.17. The summed E-state index contributed by atoms with van der Waals surface area (Å²) in [5.41, 5.74) is 0. The molecule has 0 saturated carbocycles. The summed E-state index contributed by atoms with van der Waals surface area (Å²) in [5, 5.41) is 2.59. The van der Waals surface area contributed by atoms with E-state index < -0.39 is 0 Å². The maximum Gasteiger partial charge on any atom is 0.220 e. The average molecular weight is 127 g/mol. The number of hydrogen-bond donors (Lipinski definition) is 1. The molecule has 1 aliphatic heterocycles. The molecule has 3 heteroatoms. The molecular formula is C6H9NO2. The van der Waals surface area contributed by atoms with E-state index in [1.165, 1.54) is 6.92 Å². The van der Waals surface area contributed by atoms with Gasteiger partial charge < -0.3 is 5.32 Å². The predicted molar refractivity (Wildman–Crippen MR) is 31.8 cm³/mol. The zero-order valence-electron chi connectivity index (χ0n) is 5.31. The first-order chi connectivity index (χ1) is 4.20. The lowest BCUT2D eigenvalue weighted by molar-refractivity contribution is -0.123. The van der Waals surface area contributed by atoms with Gasteiger partial charge in [0, 0.05) is 18.9 Å². The van der Waals surface area contributed by atoms with Crippen LogP contribution in [0, 0.1) is 5.92 Å². The van der Waals surface area contributed by atoms with Crippen molar-refractivity contribution in [2.45, 2.75) is 13.3 Å². The summed E-state index contributed by atoms with van der Waals surface area (Å²) >= 11 is 0. The van der Waals surface area contributed by atoms with Crippen LogP contribution in [0.3, 0.4) is 0 Å². The fourth-order valence-corrected chi connectivity index (χ4v) is 0.893. The Hall–Kier alpha value is -0.860. The quantitative estimate of drug-likeness (QED) is 0.526. The Bertz CT molecular complexity index is 153. The molecule has 0 spiro atoms. The van der Waals surface area contributed by atoms with Crippen molar-refractivity contribution in [1.29, 1.82) is 0 Å². The van der Waals surface area contributed by atoms with Crippen molar-refractivity contribution in [1.82, 2.24) is 5.32 Å². The molecule has 1 rings (SSSR count). The summed E-state index contributed by atoms with van der Waals surface area (Å²) in [6.07, 6.45) is 0.384. The summed E-state index contributed by atoms with van der Waals surface area (Å²) in [5.74, 6) is 0.0426. The van der Waals surface area contributed by atoms with E-state index in [0.717, 1.165) is 0 Å². The molecule has 1 amide bonds. The Morgan fingerprint density at radius 3 is 2.67 bits per heavy atom. The van der Waals surface area contributed by atoms with Gasteiger partial charge in [-0.2, -0.15) is 0 Å². The van der Waals surface area contributed by atoms with Crippen LogP contribution in [0.1, 0.15) is 13.3 Å². The Labute approximate surface area is 53.4 Å². The van der Waals surface area contributed by atoms with Crippen LogP contribution >= 0.6 is 0 Å². The lowest BCUT2D eigenvalue weighted by atomic mass is 10.1. The highest BCUT2D eigenvalue weighted by Gasteiger charge is 2.24. The molecule has 1 atom stereocenters. The van der Waals surface area contributed by atoms with E-state index in [1.54, 1.807) is 0 Å². The average Bonchev–Trinajstić information content (AvgIpc) is 2.14. The lowest BCUT2D eigenvalue weighted by Gasteiger charge is -1.96. The first-order valence-corrected chi connectivity index (χ1v) is 2.97. The third-order valence-corrected chi connectivity index (χ3v) is 1.55. The molecule has 1 N–H and O–H groups in total. The van der Waals surface area contributed by atoms with Crippen molar-refractivity contribution in [3.63, 3.8) is 0 Å². The highest BCUT2D eigenvalue weighted by Crippen LogP contribution is 2.08. The van der Waals surface area contributed by atoms with Gasteiger partial charge in [0.25, 0.3) is 0 Å². The number of amides is 1. The van der Waals surface area contributed by atoms with Gasteiger partial charge in [0.1, 0.15) is 5.78 Å². The Balaban J connectivity index is 2.48. The molecule has 1 fully saturated rings. The number of ketones is 1. The third kappa shape index (κ3) is 1.28. The summed E-state index contributed by atoms with van der Waals surface area (Å²) in [6, 6.07) is 0. The molecule has 0 radical (unpaired) electrons. The van der Waals surface area contributed by atoms with Gasteiger partial charge in [0.2, 0.25) is 5.91 Å². The highest BCUT2D eigenvalue weighted by molar-refractivity contribution is 5.88. The highest BCUT2D eigenvalue weighted by atomic mass is 16.2. The SMILES string of the molecule is CC(=O)[C@@H]1CNC(=O)C1. The van der Waals surface area contributed by atoms with Gasteiger partial charge in [-0.25, -0.2) is 0 Å². The molecular weight excluding hydrogens is 118 g/mol. The van der Waals surface area contributed by atoms with Crippen molar-refractivity contribution in [2.24, 2.45) is 5.92 Å². The summed E-state index contributed by atoms with van der Waals surface area (Å²) < 4.78 is 0. The normalized spacial score (nSPS) is 25.9. The van der Waals surface area contributed by atoms with Crippen molar-refractivity contribution in [2.75, 3.05) is 6.54 Å². The third-order valence-electron chi connectivity index (χ3n) is 1.55. The maximum absolute atomic E-state index is 10.6. The summed E-state index contributed by atoms with van der Waals surface area (Å²) in [4.78, 5) is 21.1. The second-order valence-corrected chi connectivity index (χ2v) is 2.32. The van der Waals surface area contributed by atoms with Crippen LogP contribution in [0.15, 0.2) is 0 Å². The summed E-state index contributed by atoms with van der Waals surface area (Å²) in [6.45, 7) is 2.05. The predicted octanol–water partition coefficient (Wildman–Crippen LogP) is -0.288. The molecule has 0 aromatic heterocycles. The monoisotopic (exact) mass is 127 g/mol. The number of carbonyl (C=O) groups excluding carboxylic acids is 2. The zero-order valence-corrected chi connectivity index (χ0v) is 5.31. The summed E-state index contributed by atoms with van der Waals surface area (Å²) in [7, 11) is 0. The fourth-order valence-electron chi connectivity index (χ4n) is 0.893.